The van der Waals surface area contributed by atoms with Gasteiger partial charge >= 0.3 is 19.8 Å². The molecule has 0 aromatic rings. The highest BCUT2D eigenvalue weighted by Gasteiger charge is 2.26. The van der Waals surface area contributed by atoms with E-state index in [1.807, 2.05) is 0 Å². The first-order chi connectivity index (χ1) is 47.8. The summed E-state index contributed by atoms with van der Waals surface area (Å²) >= 11 is 0. The molecule has 0 aliphatic rings. The van der Waals surface area contributed by atoms with Gasteiger partial charge in [0.15, 0.2) is 6.10 Å². The summed E-state index contributed by atoms with van der Waals surface area (Å²) in [6.07, 6.45) is 112. The zero-order chi connectivity index (χ0) is 70.0. The minimum absolute atomic E-state index is 0.0543. The van der Waals surface area contributed by atoms with E-state index in [0.29, 0.717) is 6.42 Å². The van der Waals surface area contributed by atoms with Crippen LogP contribution in [0.5, 0.6) is 0 Å². The maximum Gasteiger partial charge on any atom is 0.472 e. The zero-order valence-corrected chi connectivity index (χ0v) is 65.0. The maximum absolute atomic E-state index is 12.8. The van der Waals surface area contributed by atoms with Crippen LogP contribution in [-0.4, -0.2) is 49.3 Å². The second kappa shape index (κ2) is 82.1. The van der Waals surface area contributed by atoms with Gasteiger partial charge in [-0.1, -0.05) is 407 Å². The number of carbonyl (C=O) groups excluding carboxylic acids is 2. The number of hydrogen-bond acceptors (Lipinski definition) is 8. The van der Waals surface area contributed by atoms with Crippen molar-refractivity contribution >= 4 is 19.8 Å². The van der Waals surface area contributed by atoms with Gasteiger partial charge < -0.3 is 20.1 Å². The number of hydrogen-bond donors (Lipinski definition) is 2. The third-order valence-corrected chi connectivity index (χ3v) is 19.7. The second-order valence-corrected chi connectivity index (χ2v) is 29.8. The van der Waals surface area contributed by atoms with E-state index in [2.05, 4.69) is 98.9 Å². The van der Waals surface area contributed by atoms with Crippen LogP contribution in [0.3, 0.4) is 0 Å². The molecule has 566 valence electrons. The lowest BCUT2D eigenvalue weighted by atomic mass is 10.0. The molecule has 0 spiro atoms. The molecule has 0 saturated heterocycles. The Hall–Kier alpha value is -2.81. The number of unbranched alkanes of at least 4 members (excludes halogenated alkanes) is 53. The van der Waals surface area contributed by atoms with Gasteiger partial charge in [-0.05, 0) is 89.9 Å². The third kappa shape index (κ3) is 82.0. The molecule has 0 fully saturated rings. The van der Waals surface area contributed by atoms with Crippen molar-refractivity contribution in [1.29, 1.82) is 0 Å². The molecule has 2 atom stereocenters. The molecule has 97 heavy (non-hydrogen) atoms. The van der Waals surface area contributed by atoms with E-state index in [9.17, 15) is 19.0 Å². The normalized spacial score (nSPS) is 13.2. The van der Waals surface area contributed by atoms with E-state index in [0.717, 1.165) is 70.6 Å². The van der Waals surface area contributed by atoms with Crippen LogP contribution in [-0.2, 0) is 32.7 Å². The number of nitrogens with two attached hydrogens (primary N) is 1. The first-order valence-electron chi connectivity index (χ1n) is 42.1. The Morgan fingerprint density at radius 3 is 0.845 bits per heavy atom. The van der Waals surface area contributed by atoms with Crippen LogP contribution in [0.4, 0.5) is 0 Å². The standard InChI is InChI=1S/C87H160NO8P/c1-3-5-7-9-11-13-15-17-19-21-23-25-27-29-31-33-35-37-39-40-41-42-43-44-46-47-49-51-53-55-57-59-61-63-65-67-69-71-73-75-77-79-86(89)93-83-85(84-95-97(91,92)94-82-81-88)96-87(90)80-78-76-74-72-70-68-66-64-62-60-58-56-54-52-50-48-45-38-36-34-32-30-28-26-24-22-20-18-16-14-12-10-8-6-4-2/h6,8,12,14-15,17-18,20-21,23-24,26,30,32,85H,3-5,7,9-11,13,16,19,22,25,27-29,31,33-84,88H2,1-2H3,(H,91,92)/b8-6-,14-12-,17-15-,20-18-,23-21-,26-24-,32-30-. The molecule has 0 heterocycles. The van der Waals surface area contributed by atoms with Crippen molar-refractivity contribution < 1.29 is 37.6 Å². The Morgan fingerprint density at radius 1 is 0.320 bits per heavy atom. The number of phosphoric acid groups is 1. The summed E-state index contributed by atoms with van der Waals surface area (Å²) in [5.74, 6) is -0.805. The van der Waals surface area contributed by atoms with Gasteiger partial charge in [0, 0.05) is 19.4 Å². The fourth-order valence-electron chi connectivity index (χ4n) is 12.6. The fourth-order valence-corrected chi connectivity index (χ4v) is 13.3. The first kappa shape index (κ1) is 94.2. The summed E-state index contributed by atoms with van der Waals surface area (Å²) in [6, 6.07) is 0. The van der Waals surface area contributed by atoms with Gasteiger partial charge in [-0.3, -0.25) is 18.6 Å². The highest BCUT2D eigenvalue weighted by atomic mass is 31.2. The van der Waals surface area contributed by atoms with Gasteiger partial charge in [0.1, 0.15) is 6.61 Å². The van der Waals surface area contributed by atoms with E-state index in [1.54, 1.807) is 0 Å². The van der Waals surface area contributed by atoms with Crippen LogP contribution < -0.4 is 5.73 Å². The van der Waals surface area contributed by atoms with E-state index >= 15 is 0 Å². The fraction of sp³-hybridized carbons (Fsp3) is 0.816. The van der Waals surface area contributed by atoms with Crippen molar-refractivity contribution in [3.05, 3.63) is 85.1 Å². The Labute approximate surface area is 602 Å². The molecular formula is C87H160NO8P. The molecule has 0 aromatic carbocycles. The number of rotatable bonds is 80. The monoisotopic (exact) mass is 1380 g/mol. The molecule has 0 saturated carbocycles. The van der Waals surface area contributed by atoms with Gasteiger partial charge in [0.2, 0.25) is 0 Å². The predicted molar refractivity (Wildman–Crippen MR) is 422 cm³/mol. The van der Waals surface area contributed by atoms with Crippen LogP contribution in [0.25, 0.3) is 0 Å². The Bertz CT molecular complexity index is 1870. The SMILES string of the molecule is CC/C=C\C/C=C\C/C=C\C/C=C\C/C=C\CCCCCCCCCCCCCCCCCCCCCC(=O)OC(COC(=O)CCCCCCCCCCCCCCCCCCCCCCCCCCCCCCC/C=C\C/C=C\CCCCCCC)COP(=O)(O)OCCN. The number of allylic oxidation sites excluding steroid dienone is 14. The molecule has 2 unspecified atom stereocenters. The minimum Gasteiger partial charge on any atom is -0.462 e. The van der Waals surface area contributed by atoms with Crippen LogP contribution in [0, 0.1) is 0 Å². The Balaban J connectivity index is 3.73. The van der Waals surface area contributed by atoms with E-state index in [4.69, 9.17) is 24.3 Å². The van der Waals surface area contributed by atoms with Crippen molar-refractivity contribution in [1.82, 2.24) is 0 Å². The Kier molecular flexibility index (Phi) is 79.8. The molecule has 0 aliphatic heterocycles. The van der Waals surface area contributed by atoms with Gasteiger partial charge in [-0.15, -0.1) is 0 Å². The molecule has 10 heteroatoms. The summed E-state index contributed by atoms with van der Waals surface area (Å²) in [4.78, 5) is 35.5. The molecular weight excluding hydrogens is 1220 g/mol. The van der Waals surface area contributed by atoms with Crippen molar-refractivity contribution in [2.75, 3.05) is 26.4 Å². The maximum atomic E-state index is 12.8. The van der Waals surface area contributed by atoms with Gasteiger partial charge in [0.05, 0.1) is 13.2 Å². The summed E-state index contributed by atoms with van der Waals surface area (Å²) in [5.41, 5.74) is 5.42. The summed E-state index contributed by atoms with van der Waals surface area (Å²) in [5, 5.41) is 0. The smallest absolute Gasteiger partial charge is 0.462 e. The average molecular weight is 1380 g/mol. The lowest BCUT2D eigenvalue weighted by molar-refractivity contribution is -0.161. The van der Waals surface area contributed by atoms with Gasteiger partial charge in [0.25, 0.3) is 0 Å². The third-order valence-electron chi connectivity index (χ3n) is 18.8. The second-order valence-electron chi connectivity index (χ2n) is 28.3. The first-order valence-corrected chi connectivity index (χ1v) is 43.6. The molecule has 0 radical (unpaired) electrons. The summed E-state index contributed by atoms with van der Waals surface area (Å²) < 4.78 is 33.3. The van der Waals surface area contributed by atoms with E-state index < -0.39 is 26.5 Å². The molecule has 9 nitrogen and oxygen atoms in total. The molecule has 0 amide bonds. The topological polar surface area (TPSA) is 134 Å². The lowest BCUT2D eigenvalue weighted by Gasteiger charge is -2.19. The molecule has 0 rings (SSSR count). The summed E-state index contributed by atoms with van der Waals surface area (Å²) in [6.45, 7) is 3.69. The lowest BCUT2D eigenvalue weighted by Crippen LogP contribution is -2.29. The number of esters is 2. The van der Waals surface area contributed by atoms with Crippen molar-refractivity contribution in [3.63, 3.8) is 0 Å². The van der Waals surface area contributed by atoms with E-state index in [1.165, 1.54) is 321 Å². The average Bonchev–Trinajstić information content (AvgIpc) is 2.69. The van der Waals surface area contributed by atoms with E-state index in [-0.39, 0.29) is 38.6 Å². The number of carbonyl (C=O) groups is 2. The van der Waals surface area contributed by atoms with Gasteiger partial charge in [-0.2, -0.15) is 0 Å². The largest absolute Gasteiger partial charge is 0.472 e. The number of phosphoric ester groups is 1. The van der Waals surface area contributed by atoms with Gasteiger partial charge in [-0.25, -0.2) is 4.57 Å². The highest BCUT2D eigenvalue weighted by molar-refractivity contribution is 7.47. The van der Waals surface area contributed by atoms with Crippen LogP contribution >= 0.6 is 7.82 Å². The molecule has 3 N–H and O–H groups in total. The van der Waals surface area contributed by atoms with Crippen LogP contribution in [0.1, 0.15) is 425 Å². The Morgan fingerprint density at radius 2 is 0.567 bits per heavy atom. The highest BCUT2D eigenvalue weighted by Crippen LogP contribution is 2.43. The van der Waals surface area contributed by atoms with Crippen LogP contribution in [0.2, 0.25) is 0 Å². The summed E-state index contributed by atoms with van der Waals surface area (Å²) in [7, 11) is -4.40. The molecule has 0 bridgehead atoms. The quantitative estimate of drug-likeness (QED) is 0.0264. The van der Waals surface area contributed by atoms with Crippen molar-refractivity contribution in [2.24, 2.45) is 5.73 Å². The molecule has 0 aromatic heterocycles. The predicted octanol–water partition coefficient (Wildman–Crippen LogP) is 28.4. The van der Waals surface area contributed by atoms with Crippen molar-refractivity contribution in [3.8, 4) is 0 Å². The molecule has 0 aliphatic carbocycles. The minimum atomic E-state index is -4.40. The zero-order valence-electron chi connectivity index (χ0n) is 64.1. The number of ether oxygens (including phenoxy) is 2. The van der Waals surface area contributed by atoms with Crippen LogP contribution in [0.15, 0.2) is 85.1 Å². The van der Waals surface area contributed by atoms with Crippen molar-refractivity contribution in [2.45, 2.75) is 431 Å².